The fourth-order valence-corrected chi connectivity index (χ4v) is 2.98. The third-order valence-electron chi connectivity index (χ3n) is 3.72. The Bertz CT molecular complexity index is 544. The molecule has 2 heterocycles. The molecule has 3 rings (SSSR count). The molecule has 100 valence electrons. The average Bonchev–Trinajstić information content (AvgIpc) is 2.83. The second-order valence-corrected chi connectivity index (χ2v) is 5.46. The van der Waals surface area contributed by atoms with Crippen LogP contribution in [0.3, 0.4) is 0 Å². The summed E-state index contributed by atoms with van der Waals surface area (Å²) in [6.07, 6.45) is 2.91. The van der Waals surface area contributed by atoms with Crippen LogP contribution >= 0.6 is 11.6 Å². The first kappa shape index (κ1) is 12.5. The van der Waals surface area contributed by atoms with Crippen molar-refractivity contribution in [3.05, 3.63) is 28.8 Å². The normalized spacial score (nSPS) is 22.1. The largest absolute Gasteiger partial charge is 0.344 e. The van der Waals surface area contributed by atoms with E-state index in [9.17, 15) is 9.59 Å². The molecular formula is C14H15ClN2O2. The Labute approximate surface area is 116 Å². The third kappa shape index (κ3) is 2.32. The summed E-state index contributed by atoms with van der Waals surface area (Å²) in [4.78, 5) is 25.5. The lowest BCUT2D eigenvalue weighted by Crippen LogP contribution is -2.46. The van der Waals surface area contributed by atoms with Gasteiger partial charge < -0.3 is 10.2 Å². The smallest absolute Gasteiger partial charge is 0.249 e. The van der Waals surface area contributed by atoms with E-state index in [0.717, 1.165) is 24.1 Å². The second-order valence-electron chi connectivity index (χ2n) is 5.03. The lowest BCUT2D eigenvalue weighted by atomic mass is 10.0. The van der Waals surface area contributed by atoms with Crippen LogP contribution in [-0.2, 0) is 16.0 Å². The number of carbonyl (C=O) groups is 2. The van der Waals surface area contributed by atoms with Crippen LogP contribution < -0.4 is 10.2 Å². The van der Waals surface area contributed by atoms with Crippen molar-refractivity contribution in [3.63, 3.8) is 0 Å². The Balaban J connectivity index is 1.87. The van der Waals surface area contributed by atoms with Gasteiger partial charge in [0.05, 0.1) is 0 Å². The van der Waals surface area contributed by atoms with E-state index in [1.165, 1.54) is 0 Å². The Hall–Kier alpha value is -1.55. The molecule has 0 spiro atoms. The van der Waals surface area contributed by atoms with Gasteiger partial charge in [0, 0.05) is 23.7 Å². The van der Waals surface area contributed by atoms with E-state index in [0.29, 0.717) is 24.4 Å². The molecule has 19 heavy (non-hydrogen) atoms. The highest BCUT2D eigenvalue weighted by molar-refractivity contribution is 6.30. The van der Waals surface area contributed by atoms with Crippen LogP contribution in [0.2, 0.25) is 5.02 Å². The van der Waals surface area contributed by atoms with Gasteiger partial charge in [-0.05, 0) is 43.0 Å². The minimum atomic E-state index is -0.367. The number of carbonyl (C=O) groups excluding carboxylic acids is 2. The van der Waals surface area contributed by atoms with E-state index in [1.54, 1.807) is 11.0 Å². The monoisotopic (exact) mass is 278 g/mol. The molecule has 1 fully saturated rings. The van der Waals surface area contributed by atoms with Gasteiger partial charge in [0.2, 0.25) is 11.8 Å². The van der Waals surface area contributed by atoms with E-state index in [4.69, 9.17) is 11.6 Å². The number of anilines is 1. The van der Waals surface area contributed by atoms with Crippen molar-refractivity contribution >= 4 is 29.1 Å². The molecule has 1 N–H and O–H groups in total. The maximum absolute atomic E-state index is 12.5. The van der Waals surface area contributed by atoms with Gasteiger partial charge in [-0.3, -0.25) is 9.59 Å². The van der Waals surface area contributed by atoms with Crippen LogP contribution in [0.25, 0.3) is 0 Å². The van der Waals surface area contributed by atoms with Gasteiger partial charge >= 0.3 is 0 Å². The molecule has 4 nitrogen and oxygen atoms in total. The molecule has 0 bridgehead atoms. The number of halogens is 1. The Morgan fingerprint density at radius 3 is 2.95 bits per heavy atom. The van der Waals surface area contributed by atoms with Gasteiger partial charge in [0.25, 0.3) is 0 Å². The molecule has 0 aromatic heterocycles. The highest BCUT2D eigenvalue weighted by Crippen LogP contribution is 2.30. The lowest BCUT2D eigenvalue weighted by molar-refractivity contribution is -0.124. The summed E-state index contributed by atoms with van der Waals surface area (Å²) in [5.41, 5.74) is 2.04. The lowest BCUT2D eigenvalue weighted by Gasteiger charge is -2.31. The SMILES string of the molecule is O=C1CCC(C(=O)N2CCCc3cc(Cl)ccc32)N1. The molecule has 1 aromatic carbocycles. The van der Waals surface area contributed by atoms with Crippen molar-refractivity contribution < 1.29 is 9.59 Å². The molecule has 2 aliphatic heterocycles. The number of aryl methyl sites for hydroxylation is 1. The Kier molecular flexibility index (Phi) is 3.19. The van der Waals surface area contributed by atoms with Crippen molar-refractivity contribution in [2.75, 3.05) is 11.4 Å². The zero-order valence-electron chi connectivity index (χ0n) is 10.5. The number of benzene rings is 1. The third-order valence-corrected chi connectivity index (χ3v) is 3.95. The summed E-state index contributed by atoms with van der Waals surface area (Å²) in [6, 6.07) is 5.25. The standard InChI is InChI=1S/C14H15ClN2O2/c15-10-3-5-12-9(8-10)2-1-7-17(12)14(19)11-4-6-13(18)16-11/h3,5,8,11H,1-2,4,6-7H2,(H,16,18). The van der Waals surface area contributed by atoms with Crippen LogP contribution in [0, 0.1) is 0 Å². The minimum absolute atomic E-state index is 0.00544. The predicted molar refractivity (Wildman–Crippen MR) is 73.3 cm³/mol. The van der Waals surface area contributed by atoms with Gasteiger partial charge in [0.1, 0.15) is 6.04 Å². The molecule has 2 aliphatic rings. The van der Waals surface area contributed by atoms with Gasteiger partial charge in [-0.15, -0.1) is 0 Å². The van der Waals surface area contributed by atoms with Crippen molar-refractivity contribution in [2.24, 2.45) is 0 Å². The number of nitrogens with zero attached hydrogens (tertiary/aromatic N) is 1. The zero-order valence-corrected chi connectivity index (χ0v) is 11.2. The van der Waals surface area contributed by atoms with Crippen molar-refractivity contribution in [3.8, 4) is 0 Å². The summed E-state index contributed by atoms with van der Waals surface area (Å²) in [6.45, 7) is 0.708. The summed E-state index contributed by atoms with van der Waals surface area (Å²) in [7, 11) is 0. The maximum Gasteiger partial charge on any atom is 0.249 e. The van der Waals surface area contributed by atoms with Crippen LogP contribution in [0.15, 0.2) is 18.2 Å². The van der Waals surface area contributed by atoms with Gasteiger partial charge in [-0.1, -0.05) is 11.6 Å². The maximum atomic E-state index is 12.5. The molecule has 0 aliphatic carbocycles. The molecule has 1 saturated heterocycles. The number of rotatable bonds is 1. The summed E-state index contributed by atoms with van der Waals surface area (Å²) >= 11 is 5.99. The number of amides is 2. The summed E-state index contributed by atoms with van der Waals surface area (Å²) in [5, 5.41) is 3.43. The van der Waals surface area contributed by atoms with E-state index in [2.05, 4.69) is 5.32 Å². The first-order chi connectivity index (χ1) is 9.15. The van der Waals surface area contributed by atoms with E-state index < -0.39 is 0 Å². The zero-order chi connectivity index (χ0) is 13.4. The molecule has 1 atom stereocenters. The minimum Gasteiger partial charge on any atom is -0.344 e. The van der Waals surface area contributed by atoms with E-state index in [-0.39, 0.29) is 17.9 Å². The quantitative estimate of drug-likeness (QED) is 0.853. The number of hydrogen-bond acceptors (Lipinski definition) is 2. The molecule has 2 amide bonds. The Morgan fingerprint density at radius 1 is 1.37 bits per heavy atom. The van der Waals surface area contributed by atoms with Gasteiger partial charge in [0.15, 0.2) is 0 Å². The first-order valence-corrected chi connectivity index (χ1v) is 6.92. The van der Waals surface area contributed by atoms with Crippen molar-refractivity contribution in [1.29, 1.82) is 0 Å². The van der Waals surface area contributed by atoms with Crippen LogP contribution in [0.5, 0.6) is 0 Å². The number of fused-ring (bicyclic) bond motifs is 1. The molecule has 1 unspecified atom stereocenters. The van der Waals surface area contributed by atoms with Crippen LogP contribution in [0.1, 0.15) is 24.8 Å². The fourth-order valence-electron chi connectivity index (χ4n) is 2.78. The van der Waals surface area contributed by atoms with E-state index >= 15 is 0 Å². The van der Waals surface area contributed by atoms with Crippen molar-refractivity contribution in [1.82, 2.24) is 5.32 Å². The molecular weight excluding hydrogens is 264 g/mol. The first-order valence-electron chi connectivity index (χ1n) is 6.54. The van der Waals surface area contributed by atoms with E-state index in [1.807, 2.05) is 12.1 Å². The van der Waals surface area contributed by atoms with Crippen molar-refractivity contribution in [2.45, 2.75) is 31.7 Å². The highest BCUT2D eigenvalue weighted by atomic mass is 35.5. The predicted octanol–water partition coefficient (Wildman–Crippen LogP) is 1.90. The molecule has 0 radical (unpaired) electrons. The number of nitrogens with one attached hydrogen (secondary N) is 1. The van der Waals surface area contributed by atoms with Gasteiger partial charge in [-0.25, -0.2) is 0 Å². The van der Waals surface area contributed by atoms with Gasteiger partial charge in [-0.2, -0.15) is 0 Å². The van der Waals surface area contributed by atoms with Crippen LogP contribution in [-0.4, -0.2) is 24.4 Å². The average molecular weight is 279 g/mol. The molecule has 0 saturated carbocycles. The highest BCUT2D eigenvalue weighted by Gasteiger charge is 2.33. The number of hydrogen-bond donors (Lipinski definition) is 1. The molecule has 5 heteroatoms. The van der Waals surface area contributed by atoms with Crippen LogP contribution in [0.4, 0.5) is 5.69 Å². The Morgan fingerprint density at radius 2 is 2.21 bits per heavy atom. The fraction of sp³-hybridized carbons (Fsp3) is 0.429. The summed E-state index contributed by atoms with van der Waals surface area (Å²) < 4.78 is 0. The molecule has 1 aromatic rings. The summed E-state index contributed by atoms with van der Waals surface area (Å²) in [5.74, 6) is -0.0409. The second kappa shape index (κ2) is 4.85. The topological polar surface area (TPSA) is 49.4 Å².